The van der Waals surface area contributed by atoms with Gasteiger partial charge >= 0.3 is 0 Å². The van der Waals surface area contributed by atoms with Gasteiger partial charge in [0, 0.05) is 23.8 Å². The van der Waals surface area contributed by atoms with E-state index in [0.29, 0.717) is 6.04 Å². The Morgan fingerprint density at radius 2 is 1.89 bits per heavy atom. The molecule has 0 spiro atoms. The van der Waals surface area contributed by atoms with Gasteiger partial charge in [0.2, 0.25) is 0 Å². The summed E-state index contributed by atoms with van der Waals surface area (Å²) < 4.78 is 1.41. The lowest BCUT2D eigenvalue weighted by Gasteiger charge is -2.35. The van der Waals surface area contributed by atoms with Crippen LogP contribution < -0.4 is 5.32 Å². The van der Waals surface area contributed by atoms with E-state index in [1.54, 1.807) is 0 Å². The topological polar surface area (TPSA) is 15.3 Å². The molecule has 3 heteroatoms. The fourth-order valence-electron chi connectivity index (χ4n) is 4.22. The standard InChI is InChI=1S/C24H30N2S/c1-18-8-9-23-22(17-27-24(23)14-18)15-25-19(2)21-10-12-26(13-11-21)16-20-6-4-3-5-7-20/h3-9,14,17,19,21,25H,10-13,15-16H2,1-2H3. The summed E-state index contributed by atoms with van der Waals surface area (Å²) in [7, 11) is 0. The van der Waals surface area contributed by atoms with Gasteiger partial charge in [-0.15, -0.1) is 11.3 Å². The first-order valence-corrected chi connectivity index (χ1v) is 11.0. The molecule has 142 valence electrons. The number of hydrogen-bond acceptors (Lipinski definition) is 3. The lowest BCUT2D eigenvalue weighted by molar-refractivity contribution is 0.156. The van der Waals surface area contributed by atoms with Crippen molar-refractivity contribution in [1.29, 1.82) is 0 Å². The zero-order valence-corrected chi connectivity index (χ0v) is 17.3. The summed E-state index contributed by atoms with van der Waals surface area (Å²) in [5, 5.41) is 7.56. The molecular weight excluding hydrogens is 348 g/mol. The molecule has 0 saturated carbocycles. The number of likely N-dealkylation sites (tertiary alicyclic amines) is 1. The highest BCUT2D eigenvalue weighted by Crippen LogP contribution is 2.28. The van der Waals surface area contributed by atoms with Crippen LogP contribution >= 0.6 is 11.3 Å². The van der Waals surface area contributed by atoms with Crippen LogP contribution in [0, 0.1) is 12.8 Å². The van der Waals surface area contributed by atoms with E-state index in [1.165, 1.54) is 52.7 Å². The third kappa shape index (κ3) is 4.60. The Morgan fingerprint density at radius 3 is 2.67 bits per heavy atom. The summed E-state index contributed by atoms with van der Waals surface area (Å²) in [6, 6.07) is 18.2. The Bertz CT molecular complexity index is 862. The summed E-state index contributed by atoms with van der Waals surface area (Å²) in [4.78, 5) is 2.60. The molecular formula is C24H30N2S. The zero-order valence-electron chi connectivity index (χ0n) is 16.4. The maximum Gasteiger partial charge on any atom is 0.0348 e. The van der Waals surface area contributed by atoms with Crippen LogP contribution in [-0.2, 0) is 13.1 Å². The first-order chi connectivity index (χ1) is 13.2. The molecule has 1 aliphatic rings. The monoisotopic (exact) mass is 378 g/mol. The van der Waals surface area contributed by atoms with Gasteiger partial charge in [-0.05, 0) is 79.2 Å². The van der Waals surface area contributed by atoms with Gasteiger partial charge in [0.25, 0.3) is 0 Å². The second kappa shape index (κ2) is 8.55. The summed E-state index contributed by atoms with van der Waals surface area (Å²) in [6.45, 7) is 9.04. The van der Waals surface area contributed by atoms with Gasteiger partial charge in [0.15, 0.2) is 0 Å². The van der Waals surface area contributed by atoms with Crippen molar-refractivity contribution in [3.05, 3.63) is 70.6 Å². The Hall–Kier alpha value is -1.68. The average molecular weight is 379 g/mol. The molecule has 27 heavy (non-hydrogen) atoms. The Morgan fingerprint density at radius 1 is 1.11 bits per heavy atom. The first-order valence-electron chi connectivity index (χ1n) is 10.2. The molecule has 2 aromatic carbocycles. The first kappa shape index (κ1) is 18.7. The predicted octanol–water partition coefficient (Wildman–Crippen LogP) is 5.60. The van der Waals surface area contributed by atoms with Crippen LogP contribution in [0.2, 0.25) is 0 Å². The summed E-state index contributed by atoms with van der Waals surface area (Å²) in [5.74, 6) is 0.782. The molecule has 1 N–H and O–H groups in total. The fraction of sp³-hybridized carbons (Fsp3) is 0.417. The van der Waals surface area contributed by atoms with Gasteiger partial charge in [-0.25, -0.2) is 0 Å². The number of rotatable bonds is 6. The lowest BCUT2D eigenvalue weighted by Crippen LogP contribution is -2.41. The molecule has 2 heterocycles. The lowest BCUT2D eigenvalue weighted by atomic mass is 9.90. The number of benzene rings is 2. The summed E-state index contributed by atoms with van der Waals surface area (Å²) in [5.41, 5.74) is 4.23. The van der Waals surface area contributed by atoms with Crippen LogP contribution in [0.25, 0.3) is 10.1 Å². The van der Waals surface area contributed by atoms with Gasteiger partial charge in [-0.3, -0.25) is 4.90 Å². The molecule has 1 unspecified atom stereocenters. The van der Waals surface area contributed by atoms with Gasteiger partial charge in [0.1, 0.15) is 0 Å². The van der Waals surface area contributed by atoms with Crippen LogP contribution in [-0.4, -0.2) is 24.0 Å². The van der Waals surface area contributed by atoms with Crippen molar-refractivity contribution in [2.24, 2.45) is 5.92 Å². The number of aryl methyl sites for hydroxylation is 1. The number of nitrogens with one attached hydrogen (secondary N) is 1. The number of thiophene rings is 1. The van der Waals surface area contributed by atoms with E-state index in [-0.39, 0.29) is 0 Å². The van der Waals surface area contributed by atoms with Crippen molar-refractivity contribution >= 4 is 21.4 Å². The Labute approximate surface area is 167 Å². The molecule has 1 fully saturated rings. The smallest absolute Gasteiger partial charge is 0.0348 e. The minimum absolute atomic E-state index is 0.573. The third-order valence-electron chi connectivity index (χ3n) is 6.01. The van der Waals surface area contributed by atoms with Crippen molar-refractivity contribution in [2.75, 3.05) is 13.1 Å². The highest BCUT2D eigenvalue weighted by molar-refractivity contribution is 7.17. The second-order valence-corrected chi connectivity index (χ2v) is 8.94. The molecule has 0 amide bonds. The molecule has 1 aromatic heterocycles. The van der Waals surface area contributed by atoms with Crippen molar-refractivity contribution in [3.8, 4) is 0 Å². The normalized spacial score (nSPS) is 17.4. The summed E-state index contributed by atoms with van der Waals surface area (Å²) in [6.07, 6.45) is 2.59. The Kier molecular flexibility index (Phi) is 5.92. The zero-order chi connectivity index (χ0) is 18.6. The number of nitrogens with zero attached hydrogens (tertiary/aromatic N) is 1. The Balaban J connectivity index is 1.27. The van der Waals surface area contributed by atoms with Gasteiger partial charge in [-0.1, -0.05) is 42.5 Å². The van der Waals surface area contributed by atoms with Crippen LogP contribution in [0.1, 0.15) is 36.5 Å². The number of piperidine rings is 1. The molecule has 4 rings (SSSR count). The highest BCUT2D eigenvalue weighted by Gasteiger charge is 2.23. The van der Waals surface area contributed by atoms with Gasteiger partial charge in [-0.2, -0.15) is 0 Å². The number of fused-ring (bicyclic) bond motifs is 1. The van der Waals surface area contributed by atoms with Crippen LogP contribution in [0.15, 0.2) is 53.9 Å². The van der Waals surface area contributed by atoms with Crippen LogP contribution in [0.5, 0.6) is 0 Å². The second-order valence-electron chi connectivity index (χ2n) is 8.03. The summed E-state index contributed by atoms with van der Waals surface area (Å²) >= 11 is 1.87. The number of hydrogen-bond donors (Lipinski definition) is 1. The third-order valence-corrected chi connectivity index (χ3v) is 7.01. The van der Waals surface area contributed by atoms with Crippen LogP contribution in [0.3, 0.4) is 0 Å². The molecule has 2 nitrogen and oxygen atoms in total. The maximum atomic E-state index is 3.81. The van der Waals surface area contributed by atoms with Gasteiger partial charge < -0.3 is 5.32 Å². The van der Waals surface area contributed by atoms with E-state index in [2.05, 4.69) is 78.0 Å². The predicted molar refractivity (Wildman–Crippen MR) is 117 cm³/mol. The SMILES string of the molecule is Cc1ccc2c(CNC(C)C3CCN(Cc4ccccc4)CC3)csc2c1. The van der Waals surface area contributed by atoms with Crippen LogP contribution in [0.4, 0.5) is 0 Å². The molecule has 1 aliphatic heterocycles. The molecule has 3 aromatic rings. The van der Waals surface area contributed by atoms with E-state index in [9.17, 15) is 0 Å². The van der Waals surface area contributed by atoms with E-state index >= 15 is 0 Å². The quantitative estimate of drug-likeness (QED) is 0.600. The van der Waals surface area contributed by atoms with Crippen molar-refractivity contribution < 1.29 is 0 Å². The average Bonchev–Trinajstić information content (AvgIpc) is 3.09. The largest absolute Gasteiger partial charge is 0.310 e. The fourth-order valence-corrected chi connectivity index (χ4v) is 5.28. The van der Waals surface area contributed by atoms with E-state index in [0.717, 1.165) is 19.0 Å². The minimum atomic E-state index is 0.573. The molecule has 1 saturated heterocycles. The van der Waals surface area contributed by atoms with E-state index in [1.807, 2.05) is 11.3 Å². The van der Waals surface area contributed by atoms with E-state index in [4.69, 9.17) is 0 Å². The van der Waals surface area contributed by atoms with Gasteiger partial charge in [0.05, 0.1) is 0 Å². The van der Waals surface area contributed by atoms with Crippen molar-refractivity contribution in [1.82, 2.24) is 10.2 Å². The van der Waals surface area contributed by atoms with Crippen molar-refractivity contribution in [2.45, 2.75) is 45.8 Å². The molecule has 0 radical (unpaired) electrons. The molecule has 0 aliphatic carbocycles. The highest BCUT2D eigenvalue weighted by atomic mass is 32.1. The molecule has 1 atom stereocenters. The van der Waals surface area contributed by atoms with Crippen molar-refractivity contribution in [3.63, 3.8) is 0 Å². The maximum absolute atomic E-state index is 3.81. The molecule has 0 bridgehead atoms. The van der Waals surface area contributed by atoms with E-state index < -0.39 is 0 Å². The minimum Gasteiger partial charge on any atom is -0.310 e.